The van der Waals surface area contributed by atoms with Crippen LogP contribution in [0, 0.1) is 12.8 Å². The Labute approximate surface area is 119 Å². The molecule has 1 aromatic rings. The van der Waals surface area contributed by atoms with Crippen LogP contribution in [0.4, 0.5) is 0 Å². The van der Waals surface area contributed by atoms with Crippen molar-refractivity contribution in [1.82, 2.24) is 9.97 Å². The highest BCUT2D eigenvalue weighted by molar-refractivity contribution is 7.99. The van der Waals surface area contributed by atoms with E-state index in [2.05, 4.69) is 23.8 Å². The van der Waals surface area contributed by atoms with E-state index in [-0.39, 0.29) is 0 Å². The Hall–Kier alpha value is -0.280. The maximum atomic E-state index is 6.18. The van der Waals surface area contributed by atoms with Crippen LogP contribution in [0.3, 0.4) is 0 Å². The molecule has 18 heavy (non-hydrogen) atoms. The number of aryl methyl sites for hydroxylation is 1. The molecule has 0 amide bonds. The van der Waals surface area contributed by atoms with Gasteiger partial charge in [0.05, 0.1) is 0 Å². The highest BCUT2D eigenvalue weighted by Gasteiger charge is 2.21. The molecule has 0 saturated heterocycles. The van der Waals surface area contributed by atoms with E-state index in [1.165, 1.54) is 25.7 Å². The summed E-state index contributed by atoms with van der Waals surface area (Å²) in [6, 6.07) is 0. The van der Waals surface area contributed by atoms with Crippen LogP contribution in [0.25, 0.3) is 0 Å². The average Bonchev–Trinajstić information content (AvgIpc) is 2.34. The lowest BCUT2D eigenvalue weighted by Crippen LogP contribution is -2.15. The third-order valence-electron chi connectivity index (χ3n) is 3.57. The van der Waals surface area contributed by atoms with Crippen molar-refractivity contribution in [2.75, 3.05) is 0 Å². The Balaban J connectivity index is 2.14. The second kappa shape index (κ2) is 6.25. The van der Waals surface area contributed by atoms with Gasteiger partial charge in [-0.1, -0.05) is 38.3 Å². The van der Waals surface area contributed by atoms with Gasteiger partial charge >= 0.3 is 0 Å². The molecule has 0 N–H and O–H groups in total. The van der Waals surface area contributed by atoms with Crippen LogP contribution in [-0.2, 0) is 6.42 Å². The summed E-state index contributed by atoms with van der Waals surface area (Å²) < 4.78 is 0. The normalized spacial score (nSPS) is 24.2. The Morgan fingerprint density at radius 2 is 2.11 bits per heavy atom. The minimum absolute atomic E-state index is 0.619. The van der Waals surface area contributed by atoms with E-state index in [0.717, 1.165) is 28.8 Å². The minimum atomic E-state index is 0.619. The number of thioether (sulfide) groups is 1. The molecule has 2 nitrogen and oxygen atoms in total. The zero-order valence-electron chi connectivity index (χ0n) is 11.4. The first-order valence-corrected chi connectivity index (χ1v) is 8.05. The van der Waals surface area contributed by atoms with Gasteiger partial charge in [-0.05, 0) is 25.7 Å². The fourth-order valence-electron chi connectivity index (χ4n) is 2.43. The highest BCUT2D eigenvalue weighted by Crippen LogP contribution is 2.37. The lowest BCUT2D eigenvalue weighted by atomic mass is 9.91. The van der Waals surface area contributed by atoms with Gasteiger partial charge in [0.25, 0.3) is 0 Å². The molecule has 100 valence electrons. The van der Waals surface area contributed by atoms with Gasteiger partial charge in [0.1, 0.15) is 16.0 Å². The third kappa shape index (κ3) is 3.39. The second-order valence-corrected chi connectivity index (χ2v) is 6.87. The second-order valence-electron chi connectivity index (χ2n) is 5.23. The summed E-state index contributed by atoms with van der Waals surface area (Å²) >= 11 is 8.08. The number of hydrogen-bond donors (Lipinski definition) is 0. The minimum Gasteiger partial charge on any atom is -0.226 e. The third-order valence-corrected chi connectivity index (χ3v) is 5.32. The van der Waals surface area contributed by atoms with Crippen molar-refractivity contribution >= 4 is 23.4 Å². The maximum absolute atomic E-state index is 6.18. The highest BCUT2D eigenvalue weighted by atomic mass is 35.5. The predicted molar refractivity (Wildman–Crippen MR) is 78.4 cm³/mol. The first-order chi connectivity index (χ1) is 8.60. The monoisotopic (exact) mass is 284 g/mol. The van der Waals surface area contributed by atoms with Crippen molar-refractivity contribution in [2.45, 2.75) is 63.2 Å². The maximum Gasteiger partial charge on any atom is 0.136 e. The van der Waals surface area contributed by atoms with Crippen molar-refractivity contribution in [3.8, 4) is 0 Å². The van der Waals surface area contributed by atoms with Crippen LogP contribution >= 0.6 is 23.4 Å². The van der Waals surface area contributed by atoms with Gasteiger partial charge in [0, 0.05) is 17.2 Å². The first-order valence-electron chi connectivity index (χ1n) is 6.79. The molecule has 1 aromatic heterocycles. The molecule has 1 heterocycles. The molecular weight excluding hydrogens is 264 g/mol. The summed E-state index contributed by atoms with van der Waals surface area (Å²) in [5.41, 5.74) is 1.04. The molecule has 0 aromatic carbocycles. The molecule has 1 fully saturated rings. The molecule has 2 unspecified atom stereocenters. The molecule has 4 heteroatoms. The number of hydrogen-bond acceptors (Lipinski definition) is 3. The Kier molecular flexibility index (Phi) is 4.91. The van der Waals surface area contributed by atoms with E-state index in [0.29, 0.717) is 10.4 Å². The standard InChI is InChI=1S/C14H21ClN2S/c1-4-12-16-13(15)10(3)14(17-12)18-11-7-5-6-9(2)8-11/h9,11H,4-8H2,1-3H3. The van der Waals surface area contributed by atoms with Crippen molar-refractivity contribution in [2.24, 2.45) is 5.92 Å². The number of nitrogens with zero attached hydrogens (tertiary/aromatic N) is 2. The number of aromatic nitrogens is 2. The predicted octanol–water partition coefficient (Wildman–Crippen LogP) is 4.67. The lowest BCUT2D eigenvalue weighted by Gasteiger charge is -2.26. The van der Waals surface area contributed by atoms with Gasteiger partial charge in [-0.2, -0.15) is 0 Å². The van der Waals surface area contributed by atoms with Gasteiger partial charge in [0.2, 0.25) is 0 Å². The van der Waals surface area contributed by atoms with E-state index >= 15 is 0 Å². The molecule has 0 bridgehead atoms. The van der Waals surface area contributed by atoms with Gasteiger partial charge < -0.3 is 0 Å². The van der Waals surface area contributed by atoms with Crippen LogP contribution in [0.2, 0.25) is 5.15 Å². The van der Waals surface area contributed by atoms with Crippen molar-refractivity contribution in [1.29, 1.82) is 0 Å². The Morgan fingerprint density at radius 3 is 2.78 bits per heavy atom. The molecule has 2 rings (SSSR count). The van der Waals surface area contributed by atoms with Crippen LogP contribution in [0.5, 0.6) is 0 Å². The van der Waals surface area contributed by atoms with E-state index in [1.807, 2.05) is 18.7 Å². The quantitative estimate of drug-likeness (QED) is 0.754. The van der Waals surface area contributed by atoms with Crippen molar-refractivity contribution in [3.05, 3.63) is 16.5 Å². The number of halogens is 1. The fraction of sp³-hybridized carbons (Fsp3) is 0.714. The van der Waals surface area contributed by atoms with Crippen LogP contribution in [0.1, 0.15) is 50.9 Å². The van der Waals surface area contributed by atoms with E-state index in [9.17, 15) is 0 Å². The molecule has 1 aliphatic rings. The van der Waals surface area contributed by atoms with E-state index < -0.39 is 0 Å². The molecule has 2 atom stereocenters. The summed E-state index contributed by atoms with van der Waals surface area (Å²) in [4.78, 5) is 8.94. The van der Waals surface area contributed by atoms with Gasteiger partial charge in [-0.3, -0.25) is 0 Å². The summed E-state index contributed by atoms with van der Waals surface area (Å²) in [6.07, 6.45) is 6.16. The van der Waals surface area contributed by atoms with Gasteiger partial charge in [-0.25, -0.2) is 9.97 Å². The van der Waals surface area contributed by atoms with Crippen molar-refractivity contribution in [3.63, 3.8) is 0 Å². The lowest BCUT2D eigenvalue weighted by molar-refractivity contribution is 0.394. The zero-order valence-corrected chi connectivity index (χ0v) is 12.9. The molecule has 1 aliphatic carbocycles. The van der Waals surface area contributed by atoms with E-state index in [1.54, 1.807) is 0 Å². The van der Waals surface area contributed by atoms with Crippen molar-refractivity contribution < 1.29 is 0 Å². The fourth-order valence-corrected chi connectivity index (χ4v) is 4.13. The summed E-state index contributed by atoms with van der Waals surface area (Å²) in [6.45, 7) is 6.44. The Morgan fingerprint density at radius 1 is 1.33 bits per heavy atom. The summed E-state index contributed by atoms with van der Waals surface area (Å²) in [5.74, 6) is 1.71. The molecule has 1 saturated carbocycles. The number of rotatable bonds is 3. The SMILES string of the molecule is CCc1nc(Cl)c(C)c(SC2CCCC(C)C2)n1. The van der Waals surface area contributed by atoms with Crippen LogP contribution in [0.15, 0.2) is 5.03 Å². The smallest absolute Gasteiger partial charge is 0.136 e. The molecule has 0 spiro atoms. The average molecular weight is 285 g/mol. The zero-order chi connectivity index (χ0) is 13.1. The van der Waals surface area contributed by atoms with Crippen LogP contribution < -0.4 is 0 Å². The Bertz CT molecular complexity index is 423. The van der Waals surface area contributed by atoms with Gasteiger partial charge in [0.15, 0.2) is 0 Å². The van der Waals surface area contributed by atoms with Crippen LogP contribution in [-0.4, -0.2) is 15.2 Å². The molecule has 0 radical (unpaired) electrons. The summed E-state index contributed by atoms with van der Waals surface area (Å²) in [7, 11) is 0. The topological polar surface area (TPSA) is 25.8 Å². The molecular formula is C14H21ClN2S. The van der Waals surface area contributed by atoms with E-state index in [4.69, 9.17) is 11.6 Å². The van der Waals surface area contributed by atoms with Gasteiger partial charge in [-0.15, -0.1) is 11.8 Å². The largest absolute Gasteiger partial charge is 0.226 e. The summed E-state index contributed by atoms with van der Waals surface area (Å²) in [5, 5.41) is 2.40. The first kappa shape index (κ1) is 14.1. The molecule has 0 aliphatic heterocycles.